The number of benzene rings is 6. The van der Waals surface area contributed by atoms with E-state index in [9.17, 15) is 10.2 Å². The van der Waals surface area contributed by atoms with Crippen molar-refractivity contribution in [2.24, 2.45) is 0 Å². The number of nitrogens with zero attached hydrogens (tertiary/aromatic N) is 2. The van der Waals surface area contributed by atoms with Crippen molar-refractivity contribution in [2.45, 2.75) is 51.6 Å². The second kappa shape index (κ2) is 12.8. The fraction of sp³-hybridized carbons (Fsp3) is 0.250. The van der Waals surface area contributed by atoms with Gasteiger partial charge in [-0.3, -0.25) is 0 Å². The summed E-state index contributed by atoms with van der Waals surface area (Å²) in [4.78, 5) is 4.56. The summed E-state index contributed by atoms with van der Waals surface area (Å²) in [5, 5.41) is 23.9. The van der Waals surface area contributed by atoms with E-state index >= 15 is 0 Å². The average molecular weight is 685 g/mol. The number of likely N-dealkylation sites (N-methyl/N-ethyl adjacent to an activating group) is 2. The fourth-order valence-electron chi connectivity index (χ4n) is 9.28. The summed E-state index contributed by atoms with van der Waals surface area (Å²) in [7, 11) is 4.24. The van der Waals surface area contributed by atoms with Gasteiger partial charge in [0.05, 0.1) is 0 Å². The number of fused-ring (bicyclic) bond motifs is 6. The van der Waals surface area contributed by atoms with Crippen LogP contribution in [-0.2, 0) is 23.9 Å². The molecule has 0 bridgehead atoms. The molecule has 6 aromatic carbocycles. The molecule has 2 N–H and O–H groups in total. The quantitative estimate of drug-likeness (QED) is 0.159. The van der Waals surface area contributed by atoms with Gasteiger partial charge >= 0.3 is 0 Å². The van der Waals surface area contributed by atoms with Gasteiger partial charge in [0.1, 0.15) is 11.5 Å². The third-order valence-electron chi connectivity index (χ3n) is 11.9. The molecule has 0 saturated heterocycles. The molecule has 0 unspecified atom stereocenters. The number of hydrogen-bond donors (Lipinski definition) is 2. The lowest BCUT2D eigenvalue weighted by Crippen LogP contribution is -2.31. The van der Waals surface area contributed by atoms with Crippen LogP contribution in [0.3, 0.4) is 0 Å². The lowest BCUT2D eigenvalue weighted by molar-refractivity contribution is 0.243. The summed E-state index contributed by atoms with van der Waals surface area (Å²) >= 11 is 0. The molecule has 0 radical (unpaired) electrons. The van der Waals surface area contributed by atoms with E-state index in [2.05, 4.69) is 173 Å². The summed E-state index contributed by atoms with van der Waals surface area (Å²) < 4.78 is 0. The molecule has 0 heterocycles. The van der Waals surface area contributed by atoms with Crippen LogP contribution in [0, 0.1) is 13.8 Å². The minimum Gasteiger partial charge on any atom is -0.507 e. The Hall–Kier alpha value is -5.16. The van der Waals surface area contributed by atoms with Gasteiger partial charge in [0.25, 0.3) is 0 Å². The zero-order valence-corrected chi connectivity index (χ0v) is 31.2. The molecule has 2 aliphatic rings. The molecule has 0 saturated carbocycles. The zero-order chi connectivity index (χ0) is 36.4. The Morgan fingerprint density at radius 3 is 1.04 bits per heavy atom. The topological polar surface area (TPSA) is 46.9 Å². The number of aryl methyl sites for hydroxylation is 2. The highest BCUT2D eigenvalue weighted by Gasteiger charge is 2.44. The third-order valence-corrected chi connectivity index (χ3v) is 11.9. The summed E-state index contributed by atoms with van der Waals surface area (Å²) in [6.45, 7) is 11.6. The van der Waals surface area contributed by atoms with Gasteiger partial charge in [0.15, 0.2) is 0 Å². The van der Waals surface area contributed by atoms with Gasteiger partial charge in [0, 0.05) is 59.3 Å². The monoisotopic (exact) mass is 684 g/mol. The van der Waals surface area contributed by atoms with E-state index in [1.165, 1.54) is 44.5 Å². The number of aromatic hydroxyl groups is 2. The summed E-state index contributed by atoms with van der Waals surface area (Å²) in [6, 6.07) is 43.0. The second-order valence-electron chi connectivity index (χ2n) is 15.5. The molecule has 0 atom stereocenters. The van der Waals surface area contributed by atoms with Gasteiger partial charge in [-0.2, -0.15) is 0 Å². The van der Waals surface area contributed by atoms with E-state index in [1.54, 1.807) is 0 Å². The predicted molar refractivity (Wildman–Crippen MR) is 213 cm³/mol. The predicted octanol–water partition coefficient (Wildman–Crippen LogP) is 9.95. The average Bonchev–Trinajstić information content (AvgIpc) is 3.57. The molecule has 0 fully saturated rings. The van der Waals surface area contributed by atoms with Crippen molar-refractivity contribution in [2.75, 3.05) is 27.2 Å². The van der Waals surface area contributed by atoms with Crippen molar-refractivity contribution < 1.29 is 10.2 Å². The fourth-order valence-corrected chi connectivity index (χ4v) is 9.28. The molecule has 4 nitrogen and oxygen atoms in total. The Labute approximate surface area is 308 Å². The Morgan fingerprint density at radius 2 is 0.731 bits per heavy atom. The van der Waals surface area contributed by atoms with E-state index in [4.69, 9.17) is 0 Å². The molecule has 262 valence electrons. The summed E-state index contributed by atoms with van der Waals surface area (Å²) in [5.74, 6) is 0.751. The van der Waals surface area contributed by atoms with Gasteiger partial charge in [-0.25, -0.2) is 0 Å². The minimum absolute atomic E-state index is 0.376. The van der Waals surface area contributed by atoms with Crippen LogP contribution in [0.4, 0.5) is 0 Å². The number of phenolic OH excluding ortho intramolecular Hbond substituents is 2. The van der Waals surface area contributed by atoms with Gasteiger partial charge < -0.3 is 20.0 Å². The number of hydrogen-bond acceptors (Lipinski definition) is 4. The van der Waals surface area contributed by atoms with Crippen LogP contribution in [0.25, 0.3) is 22.3 Å². The first-order valence-corrected chi connectivity index (χ1v) is 18.4. The molecule has 6 aromatic rings. The second-order valence-corrected chi connectivity index (χ2v) is 15.5. The van der Waals surface area contributed by atoms with Gasteiger partial charge in [-0.1, -0.05) is 132 Å². The Kier molecular flexibility index (Phi) is 8.36. The molecule has 0 amide bonds. The van der Waals surface area contributed by atoms with Crippen molar-refractivity contribution in [3.8, 4) is 33.8 Å². The highest BCUT2D eigenvalue weighted by atomic mass is 16.3. The molecule has 4 heteroatoms. The highest BCUT2D eigenvalue weighted by molar-refractivity contribution is 5.85. The molecule has 0 aromatic heterocycles. The van der Waals surface area contributed by atoms with Crippen LogP contribution in [0.15, 0.2) is 121 Å². The Morgan fingerprint density at radius 1 is 0.442 bits per heavy atom. The van der Waals surface area contributed by atoms with Crippen molar-refractivity contribution >= 4 is 0 Å². The smallest absolute Gasteiger partial charge is 0.124 e. The van der Waals surface area contributed by atoms with Crippen molar-refractivity contribution in [1.29, 1.82) is 0 Å². The van der Waals surface area contributed by atoms with E-state index in [0.29, 0.717) is 24.6 Å². The molecule has 2 aliphatic carbocycles. The summed E-state index contributed by atoms with van der Waals surface area (Å²) in [5.41, 5.74) is 15.0. The van der Waals surface area contributed by atoms with E-state index in [-0.39, 0.29) is 0 Å². The lowest BCUT2D eigenvalue weighted by atomic mass is 9.73. The largest absolute Gasteiger partial charge is 0.507 e. The maximum atomic E-state index is 12.0. The Balaban J connectivity index is 1.01. The third kappa shape index (κ3) is 5.27. The Bertz CT molecular complexity index is 2080. The molecular weight excluding hydrogens is 637 g/mol. The van der Waals surface area contributed by atoms with Crippen molar-refractivity contribution in [3.63, 3.8) is 0 Å². The van der Waals surface area contributed by atoms with Crippen LogP contribution < -0.4 is 0 Å². The van der Waals surface area contributed by atoms with E-state index < -0.39 is 10.8 Å². The first kappa shape index (κ1) is 34.0. The number of rotatable bonds is 9. The number of phenols is 2. The van der Waals surface area contributed by atoms with Crippen LogP contribution in [0.2, 0.25) is 0 Å². The first-order chi connectivity index (χ1) is 25.0. The van der Waals surface area contributed by atoms with Crippen LogP contribution in [0.1, 0.15) is 69.5 Å². The van der Waals surface area contributed by atoms with Gasteiger partial charge in [-0.15, -0.1) is 0 Å². The van der Waals surface area contributed by atoms with Crippen LogP contribution in [-0.4, -0.2) is 47.2 Å². The minimum atomic E-state index is -0.453. The van der Waals surface area contributed by atoms with Crippen LogP contribution >= 0.6 is 0 Å². The first-order valence-electron chi connectivity index (χ1n) is 18.4. The maximum absolute atomic E-state index is 12.0. The van der Waals surface area contributed by atoms with E-state index in [0.717, 1.165) is 46.5 Å². The zero-order valence-electron chi connectivity index (χ0n) is 31.2. The van der Waals surface area contributed by atoms with Crippen molar-refractivity contribution in [3.05, 3.63) is 177 Å². The maximum Gasteiger partial charge on any atom is 0.124 e. The SMILES string of the molecule is Cc1cc(CN(C)CCN(C)Cc2cc(C)cc(C3(C)c4ccccc4-c4ccccc43)c2O)c(O)c(C2(C)c3ccccc3-c3ccccc32)c1. The summed E-state index contributed by atoms with van der Waals surface area (Å²) in [6.07, 6.45) is 0. The molecular formula is C48H48N2O2. The standard InChI is InChI=1S/C48H48N2O2/c1-31-25-33(45(51)43(27-31)47(3)39-19-11-7-15-35(39)36-16-8-12-20-40(36)47)29-49(5)23-24-50(6)30-34-26-32(2)28-44(46(34)52)48(4)41-21-13-9-17-37(41)38-18-10-14-22-42(38)48/h7-22,25-28,51-52H,23-24,29-30H2,1-6H3. The molecule has 0 spiro atoms. The van der Waals surface area contributed by atoms with Gasteiger partial charge in [0.2, 0.25) is 0 Å². The normalized spacial score (nSPS) is 14.7. The molecule has 0 aliphatic heterocycles. The molecule has 8 rings (SSSR count). The van der Waals surface area contributed by atoms with Crippen molar-refractivity contribution in [1.82, 2.24) is 9.80 Å². The van der Waals surface area contributed by atoms with Gasteiger partial charge in [-0.05, 0) is 86.3 Å². The molecule has 52 heavy (non-hydrogen) atoms. The highest BCUT2D eigenvalue weighted by Crippen LogP contribution is 2.56. The lowest BCUT2D eigenvalue weighted by Gasteiger charge is -2.31. The van der Waals surface area contributed by atoms with Crippen LogP contribution in [0.5, 0.6) is 11.5 Å². The van der Waals surface area contributed by atoms with E-state index in [1.807, 2.05) is 0 Å².